The number of nitrogens with zero attached hydrogens (tertiary/aromatic N) is 2. The lowest BCUT2D eigenvalue weighted by atomic mass is 10.1. The fourth-order valence-electron chi connectivity index (χ4n) is 2.26. The summed E-state index contributed by atoms with van der Waals surface area (Å²) >= 11 is 0. The van der Waals surface area contributed by atoms with E-state index in [0.717, 1.165) is 12.0 Å². The molecule has 5 nitrogen and oxygen atoms in total. The van der Waals surface area contributed by atoms with Crippen molar-refractivity contribution in [1.29, 1.82) is 0 Å². The third-order valence-electron chi connectivity index (χ3n) is 3.41. The summed E-state index contributed by atoms with van der Waals surface area (Å²) < 4.78 is 0. The van der Waals surface area contributed by atoms with Crippen molar-refractivity contribution >= 4 is 11.8 Å². The molecule has 1 aromatic heterocycles. The van der Waals surface area contributed by atoms with Gasteiger partial charge in [-0.1, -0.05) is 0 Å². The lowest BCUT2D eigenvalue weighted by Gasteiger charge is -2.24. The molecule has 102 valence electrons. The third kappa shape index (κ3) is 3.53. The van der Waals surface area contributed by atoms with Crippen molar-refractivity contribution in [3.63, 3.8) is 0 Å². The van der Waals surface area contributed by atoms with E-state index >= 15 is 0 Å². The number of aromatic nitrogens is 1. The second kappa shape index (κ2) is 6.31. The van der Waals surface area contributed by atoms with Gasteiger partial charge in [0.1, 0.15) is 6.04 Å². The predicted octanol–water partition coefficient (Wildman–Crippen LogP) is 0.751. The van der Waals surface area contributed by atoms with Gasteiger partial charge in [-0.15, -0.1) is 0 Å². The molecule has 2 rings (SSSR count). The number of nitrogens with one attached hydrogen (secondary N) is 1. The molecule has 1 aromatic rings. The fraction of sp³-hybridized carbons (Fsp3) is 0.500. The standard InChI is InChI=1S/C14H19N3O2/c1-2-17(10-7-11-5-8-15-9-6-11)14(19)12-3-4-13(18)16-12/h5-6,8-9,12H,2-4,7,10H2,1H3,(H,16,18). The second-order valence-corrected chi connectivity index (χ2v) is 4.68. The first-order valence-corrected chi connectivity index (χ1v) is 6.67. The number of likely N-dealkylation sites (N-methyl/N-ethyl adjacent to an activating group) is 1. The summed E-state index contributed by atoms with van der Waals surface area (Å²) in [5.74, 6) is 0.00550. The van der Waals surface area contributed by atoms with Gasteiger partial charge in [-0.2, -0.15) is 0 Å². The number of carbonyl (C=O) groups is 2. The van der Waals surface area contributed by atoms with Gasteiger partial charge in [0.05, 0.1) is 0 Å². The molecular weight excluding hydrogens is 242 g/mol. The van der Waals surface area contributed by atoms with Crippen LogP contribution >= 0.6 is 0 Å². The summed E-state index contributed by atoms with van der Waals surface area (Å²) in [4.78, 5) is 29.2. The minimum absolute atomic E-state index is 0.0245. The van der Waals surface area contributed by atoms with Crippen LogP contribution in [0.1, 0.15) is 25.3 Å². The molecule has 1 fully saturated rings. The average molecular weight is 261 g/mol. The van der Waals surface area contributed by atoms with E-state index in [4.69, 9.17) is 0 Å². The van der Waals surface area contributed by atoms with Gasteiger partial charge < -0.3 is 10.2 Å². The quantitative estimate of drug-likeness (QED) is 0.851. The average Bonchev–Trinajstić information content (AvgIpc) is 2.87. The highest BCUT2D eigenvalue weighted by Gasteiger charge is 2.29. The van der Waals surface area contributed by atoms with Gasteiger partial charge >= 0.3 is 0 Å². The maximum Gasteiger partial charge on any atom is 0.245 e. The first-order valence-electron chi connectivity index (χ1n) is 6.67. The zero-order valence-electron chi connectivity index (χ0n) is 11.1. The van der Waals surface area contributed by atoms with Gasteiger partial charge in [0.2, 0.25) is 11.8 Å². The molecule has 1 unspecified atom stereocenters. The Balaban J connectivity index is 1.89. The smallest absolute Gasteiger partial charge is 0.245 e. The van der Waals surface area contributed by atoms with Crippen LogP contribution in [-0.4, -0.2) is 40.8 Å². The number of rotatable bonds is 5. The SMILES string of the molecule is CCN(CCc1ccncc1)C(=O)C1CCC(=O)N1. The first kappa shape index (κ1) is 13.5. The minimum atomic E-state index is -0.329. The molecule has 0 aromatic carbocycles. The molecule has 5 heteroatoms. The molecule has 0 spiro atoms. The Kier molecular flexibility index (Phi) is 4.49. The number of pyridine rings is 1. The van der Waals surface area contributed by atoms with E-state index in [9.17, 15) is 9.59 Å². The molecule has 0 bridgehead atoms. The molecule has 0 saturated carbocycles. The molecule has 19 heavy (non-hydrogen) atoms. The van der Waals surface area contributed by atoms with Crippen LogP contribution in [0.15, 0.2) is 24.5 Å². The zero-order chi connectivity index (χ0) is 13.7. The van der Waals surface area contributed by atoms with Crippen LogP contribution in [-0.2, 0) is 16.0 Å². The van der Waals surface area contributed by atoms with Gasteiger partial charge in [0.25, 0.3) is 0 Å². The summed E-state index contributed by atoms with van der Waals surface area (Å²) in [6.07, 6.45) is 5.39. The van der Waals surface area contributed by atoms with E-state index in [1.54, 1.807) is 17.3 Å². The lowest BCUT2D eigenvalue weighted by molar-refractivity contribution is -0.134. The van der Waals surface area contributed by atoms with Gasteiger partial charge in [-0.3, -0.25) is 14.6 Å². The van der Waals surface area contributed by atoms with Gasteiger partial charge in [0, 0.05) is 31.9 Å². The Hall–Kier alpha value is -1.91. The largest absolute Gasteiger partial charge is 0.344 e. The van der Waals surface area contributed by atoms with Crippen LogP contribution in [0.3, 0.4) is 0 Å². The van der Waals surface area contributed by atoms with Crippen molar-refractivity contribution in [3.8, 4) is 0 Å². The number of carbonyl (C=O) groups excluding carboxylic acids is 2. The van der Waals surface area contributed by atoms with E-state index in [0.29, 0.717) is 25.9 Å². The Morgan fingerprint density at radius 2 is 2.21 bits per heavy atom. The minimum Gasteiger partial charge on any atom is -0.344 e. The van der Waals surface area contributed by atoms with Crippen molar-refractivity contribution in [2.24, 2.45) is 0 Å². The molecule has 1 aliphatic heterocycles. The van der Waals surface area contributed by atoms with Gasteiger partial charge in [-0.25, -0.2) is 0 Å². The van der Waals surface area contributed by atoms with Crippen LogP contribution < -0.4 is 5.32 Å². The van der Waals surface area contributed by atoms with E-state index < -0.39 is 0 Å². The molecule has 0 radical (unpaired) electrons. The summed E-state index contributed by atoms with van der Waals surface area (Å²) in [5, 5.41) is 2.73. The van der Waals surface area contributed by atoms with E-state index in [2.05, 4.69) is 10.3 Å². The van der Waals surface area contributed by atoms with Gasteiger partial charge in [-0.05, 0) is 37.5 Å². The molecule has 1 saturated heterocycles. The first-order chi connectivity index (χ1) is 9.20. The van der Waals surface area contributed by atoms with Crippen LogP contribution in [0.2, 0.25) is 0 Å². The highest BCUT2D eigenvalue weighted by molar-refractivity contribution is 5.90. The molecule has 1 N–H and O–H groups in total. The fourth-order valence-corrected chi connectivity index (χ4v) is 2.26. The molecule has 1 aliphatic rings. The Morgan fingerprint density at radius 3 is 2.79 bits per heavy atom. The molecule has 1 atom stereocenters. The number of hydrogen-bond acceptors (Lipinski definition) is 3. The lowest BCUT2D eigenvalue weighted by Crippen LogP contribution is -2.45. The van der Waals surface area contributed by atoms with E-state index in [1.807, 2.05) is 19.1 Å². The summed E-state index contributed by atoms with van der Waals surface area (Å²) in [6.45, 7) is 3.29. The summed E-state index contributed by atoms with van der Waals surface area (Å²) in [5.41, 5.74) is 1.16. The number of amides is 2. The maximum absolute atomic E-state index is 12.2. The van der Waals surface area contributed by atoms with Crippen molar-refractivity contribution in [3.05, 3.63) is 30.1 Å². The Bertz CT molecular complexity index is 447. The van der Waals surface area contributed by atoms with Crippen molar-refractivity contribution in [2.75, 3.05) is 13.1 Å². The molecular formula is C14H19N3O2. The topological polar surface area (TPSA) is 62.3 Å². The monoisotopic (exact) mass is 261 g/mol. The van der Waals surface area contributed by atoms with E-state index in [1.165, 1.54) is 0 Å². The van der Waals surface area contributed by atoms with Crippen LogP contribution in [0.4, 0.5) is 0 Å². The highest BCUT2D eigenvalue weighted by atomic mass is 16.2. The summed E-state index contributed by atoms with van der Waals surface area (Å²) in [7, 11) is 0. The van der Waals surface area contributed by atoms with Crippen LogP contribution in [0, 0.1) is 0 Å². The maximum atomic E-state index is 12.2. The summed E-state index contributed by atoms with van der Waals surface area (Å²) in [6, 6.07) is 3.58. The van der Waals surface area contributed by atoms with E-state index in [-0.39, 0.29) is 17.9 Å². The zero-order valence-corrected chi connectivity index (χ0v) is 11.1. The Morgan fingerprint density at radius 1 is 1.47 bits per heavy atom. The van der Waals surface area contributed by atoms with Crippen molar-refractivity contribution < 1.29 is 9.59 Å². The second-order valence-electron chi connectivity index (χ2n) is 4.68. The number of hydrogen-bond donors (Lipinski definition) is 1. The normalized spacial score (nSPS) is 18.2. The van der Waals surface area contributed by atoms with Gasteiger partial charge in [0.15, 0.2) is 0 Å². The molecule has 2 heterocycles. The predicted molar refractivity (Wildman–Crippen MR) is 71.4 cm³/mol. The van der Waals surface area contributed by atoms with Crippen molar-refractivity contribution in [1.82, 2.24) is 15.2 Å². The van der Waals surface area contributed by atoms with Crippen molar-refractivity contribution in [2.45, 2.75) is 32.2 Å². The third-order valence-corrected chi connectivity index (χ3v) is 3.41. The Labute approximate surface area is 113 Å². The highest BCUT2D eigenvalue weighted by Crippen LogP contribution is 2.10. The molecule has 2 amide bonds. The van der Waals surface area contributed by atoms with Crippen LogP contribution in [0.5, 0.6) is 0 Å². The molecule has 0 aliphatic carbocycles. The van der Waals surface area contributed by atoms with Crippen LogP contribution in [0.25, 0.3) is 0 Å².